The van der Waals surface area contributed by atoms with E-state index < -0.39 is 8.03 Å². The minimum atomic E-state index is -2.26. The second kappa shape index (κ2) is 9.81. The van der Waals surface area contributed by atoms with Gasteiger partial charge in [-0.3, -0.25) is 4.57 Å². The van der Waals surface area contributed by atoms with Crippen molar-refractivity contribution in [3.05, 3.63) is 0 Å². The Hall–Kier alpha value is 0.722. The topological polar surface area (TPSA) is 37.3 Å². The van der Waals surface area contributed by atoms with E-state index in [1.54, 1.807) is 0 Å². The number of unbranched alkanes of at least 4 members (excludes halogenated alkanes) is 1. The fourth-order valence-electron chi connectivity index (χ4n) is 1.19. The van der Waals surface area contributed by atoms with Gasteiger partial charge in [0.05, 0.1) is 0 Å². The number of hydrogen-bond donors (Lipinski definition) is 1. The van der Waals surface area contributed by atoms with E-state index in [1.807, 2.05) is 0 Å². The molecule has 1 N–H and O–H groups in total. The van der Waals surface area contributed by atoms with Crippen molar-refractivity contribution < 1.29 is 9.46 Å². The van der Waals surface area contributed by atoms with Crippen LogP contribution in [-0.2, 0) is 4.57 Å². The summed E-state index contributed by atoms with van der Waals surface area (Å²) in [6.45, 7) is 4.17. The average molecular weight is 208 g/mol. The lowest BCUT2D eigenvalue weighted by atomic mass is 10.1. The first-order valence-corrected chi connectivity index (χ1v) is 5.88. The molecule has 0 aliphatic heterocycles. The van der Waals surface area contributed by atoms with Gasteiger partial charge in [-0.05, 0) is 12.8 Å². The smallest absolute Gasteiger partial charge is 0.192 e. The minimum Gasteiger partial charge on any atom is -0.346 e. The van der Waals surface area contributed by atoms with Gasteiger partial charge in [0.1, 0.15) is 0 Å². The van der Waals surface area contributed by atoms with Gasteiger partial charge in [-0.1, -0.05) is 33.1 Å². The van der Waals surface area contributed by atoms with Crippen LogP contribution in [0.25, 0.3) is 0 Å². The summed E-state index contributed by atoms with van der Waals surface area (Å²) >= 11 is 0. The second-order valence-electron chi connectivity index (χ2n) is 2.97. The first kappa shape index (κ1) is 15.2. The van der Waals surface area contributed by atoms with Gasteiger partial charge in [0.2, 0.25) is 0 Å². The Balaban J connectivity index is 0. The van der Waals surface area contributed by atoms with Gasteiger partial charge in [-0.25, -0.2) is 0 Å². The van der Waals surface area contributed by atoms with Crippen molar-refractivity contribution in [3.8, 4) is 0 Å². The highest BCUT2D eigenvalue weighted by atomic mass is 31.1. The summed E-state index contributed by atoms with van der Waals surface area (Å²) in [6, 6.07) is 0. The van der Waals surface area contributed by atoms with Crippen LogP contribution < -0.4 is 0 Å². The molecule has 0 saturated heterocycles. The summed E-state index contributed by atoms with van der Waals surface area (Å²) in [6.07, 6.45) is 5.06. The van der Waals surface area contributed by atoms with Crippen molar-refractivity contribution in [2.75, 3.05) is 0 Å². The molecule has 0 spiro atoms. The molecule has 4 heteroatoms. The predicted octanol–water partition coefficient (Wildman–Crippen LogP) is 1.63. The fraction of sp³-hybridized carbons (Fsp3) is 1.00. The largest absolute Gasteiger partial charge is 0.346 e. The van der Waals surface area contributed by atoms with Crippen molar-refractivity contribution in [3.63, 3.8) is 0 Å². The van der Waals surface area contributed by atoms with Gasteiger partial charge in [0.15, 0.2) is 25.4 Å². The molecule has 0 rings (SSSR count). The minimum absolute atomic E-state index is 0. The fourth-order valence-corrected chi connectivity index (χ4v) is 2.18. The Morgan fingerprint density at radius 1 is 1.25 bits per heavy atom. The normalized spacial score (nSPS) is 14.9. The third-order valence-electron chi connectivity index (χ3n) is 1.89. The molecule has 12 heavy (non-hydrogen) atoms. The molecule has 2 nitrogen and oxygen atoms in total. The third kappa shape index (κ3) is 7.38. The monoisotopic (exact) mass is 208 g/mol. The Kier molecular flexibility index (Phi) is 12.4. The molecule has 0 radical (unpaired) electrons. The number of rotatable bonds is 6. The zero-order chi connectivity index (χ0) is 8.69. The molecule has 0 aromatic heterocycles. The van der Waals surface area contributed by atoms with Crippen LogP contribution >= 0.6 is 8.03 Å². The van der Waals surface area contributed by atoms with Gasteiger partial charge in [-0.2, -0.15) is 0 Å². The lowest BCUT2D eigenvalue weighted by Crippen LogP contribution is -2.00. The Morgan fingerprint density at radius 2 is 1.83 bits per heavy atom. The van der Waals surface area contributed by atoms with Crippen LogP contribution in [0.15, 0.2) is 0 Å². The van der Waals surface area contributed by atoms with Gasteiger partial charge in [0, 0.05) is 5.66 Å². The molecule has 0 aliphatic rings. The van der Waals surface area contributed by atoms with E-state index in [0.717, 1.165) is 32.1 Å². The molecular formula is C8H22AlO2P. The van der Waals surface area contributed by atoms with Crippen LogP contribution in [0.2, 0.25) is 0 Å². The Morgan fingerprint density at radius 3 is 2.17 bits per heavy atom. The van der Waals surface area contributed by atoms with E-state index in [0.29, 0.717) is 0 Å². The lowest BCUT2D eigenvalue weighted by Gasteiger charge is -2.10. The molecule has 0 heterocycles. The van der Waals surface area contributed by atoms with Crippen LogP contribution in [-0.4, -0.2) is 27.9 Å². The highest BCUT2D eigenvalue weighted by Crippen LogP contribution is 2.30. The second-order valence-corrected chi connectivity index (χ2v) is 4.46. The van der Waals surface area contributed by atoms with E-state index in [2.05, 4.69) is 13.8 Å². The zero-order valence-electron chi connectivity index (χ0n) is 7.47. The van der Waals surface area contributed by atoms with Gasteiger partial charge in [-0.15, -0.1) is 0 Å². The van der Waals surface area contributed by atoms with E-state index in [-0.39, 0.29) is 23.0 Å². The molecule has 0 aliphatic carbocycles. The molecule has 0 bridgehead atoms. The maximum Gasteiger partial charge on any atom is 0.192 e. The summed E-state index contributed by atoms with van der Waals surface area (Å²) in [7, 11) is -2.26. The van der Waals surface area contributed by atoms with E-state index in [4.69, 9.17) is 4.89 Å². The quantitative estimate of drug-likeness (QED) is 0.532. The van der Waals surface area contributed by atoms with Crippen LogP contribution in [0.5, 0.6) is 0 Å². The molecule has 2 atom stereocenters. The summed E-state index contributed by atoms with van der Waals surface area (Å²) in [5.74, 6) is 0. The van der Waals surface area contributed by atoms with Crippen LogP contribution in [0, 0.1) is 0 Å². The van der Waals surface area contributed by atoms with Crippen molar-refractivity contribution in [2.24, 2.45) is 0 Å². The summed E-state index contributed by atoms with van der Waals surface area (Å²) in [4.78, 5) is 8.92. The summed E-state index contributed by atoms with van der Waals surface area (Å²) < 4.78 is 10.8. The van der Waals surface area contributed by atoms with Crippen molar-refractivity contribution in [1.29, 1.82) is 0 Å². The summed E-state index contributed by atoms with van der Waals surface area (Å²) in [5.41, 5.74) is 0.0879. The standard InChI is InChI=1S/C8H19O2P.Al.3H/c1-3-5-7-8(6-4-2)11(9)10;;;;/h8,11H,3-7H2,1-2H3,(H,9,10);;;;. The average Bonchev–Trinajstić information content (AvgIpc) is 1.97. The van der Waals surface area contributed by atoms with Crippen LogP contribution in [0.4, 0.5) is 0 Å². The highest BCUT2D eigenvalue weighted by molar-refractivity contribution is 7.38. The third-order valence-corrected chi connectivity index (χ3v) is 3.17. The van der Waals surface area contributed by atoms with Crippen molar-refractivity contribution >= 4 is 25.4 Å². The lowest BCUT2D eigenvalue weighted by molar-refractivity contribution is 0.472. The maximum atomic E-state index is 10.8. The first-order valence-electron chi connectivity index (χ1n) is 4.45. The molecule has 0 amide bonds. The van der Waals surface area contributed by atoms with Gasteiger partial charge >= 0.3 is 0 Å². The van der Waals surface area contributed by atoms with Gasteiger partial charge in [0.25, 0.3) is 0 Å². The zero-order valence-corrected chi connectivity index (χ0v) is 8.47. The van der Waals surface area contributed by atoms with E-state index >= 15 is 0 Å². The number of hydrogen-bond acceptors (Lipinski definition) is 1. The Labute approximate surface area is 86.8 Å². The molecule has 0 fully saturated rings. The maximum absolute atomic E-state index is 10.8. The molecule has 0 aromatic rings. The highest BCUT2D eigenvalue weighted by Gasteiger charge is 2.11. The van der Waals surface area contributed by atoms with Gasteiger partial charge < -0.3 is 4.89 Å². The van der Waals surface area contributed by atoms with Crippen molar-refractivity contribution in [2.45, 2.75) is 51.6 Å². The molecule has 0 aromatic carbocycles. The Bertz CT molecular complexity index is 120. The van der Waals surface area contributed by atoms with Crippen LogP contribution in [0.3, 0.4) is 0 Å². The molecule has 0 saturated carbocycles. The van der Waals surface area contributed by atoms with Crippen LogP contribution in [0.1, 0.15) is 46.0 Å². The molecular weight excluding hydrogens is 186 g/mol. The van der Waals surface area contributed by atoms with Crippen molar-refractivity contribution in [1.82, 2.24) is 0 Å². The SMILES string of the molecule is CCCCC(CCC)[PH](=O)O.[AlH3]. The van der Waals surface area contributed by atoms with E-state index in [9.17, 15) is 4.57 Å². The summed E-state index contributed by atoms with van der Waals surface area (Å²) in [5, 5.41) is 0. The first-order chi connectivity index (χ1) is 5.22. The predicted molar refractivity (Wildman–Crippen MR) is 59.4 cm³/mol. The van der Waals surface area contributed by atoms with E-state index in [1.165, 1.54) is 0 Å². The molecule has 2 unspecified atom stereocenters. The molecule has 74 valence electrons.